The monoisotopic (exact) mass is 178 g/mol. The molecule has 2 rings (SSSR count). The lowest BCUT2D eigenvalue weighted by Crippen LogP contribution is -1.85. The van der Waals surface area contributed by atoms with Crippen molar-refractivity contribution in [1.82, 2.24) is 4.98 Å². The molecule has 2 N–H and O–H groups in total. The van der Waals surface area contributed by atoms with Crippen LogP contribution < -0.4 is 5.73 Å². The normalized spacial score (nSPS) is 9.33. The first-order chi connectivity index (χ1) is 5.38. The second-order valence-corrected chi connectivity index (χ2v) is 2.44. The molecule has 1 aromatic heterocycles. The molecule has 0 aliphatic rings. The molecule has 1 atom stereocenters. The van der Waals surface area contributed by atoms with Gasteiger partial charge in [0.25, 0.3) is 0 Å². The van der Waals surface area contributed by atoms with Crippen molar-refractivity contribution in [2.75, 3.05) is 5.73 Å². The maximum atomic E-state index is 5.73. The fraction of sp³-hybridized carbons (Fsp3) is 0. The molecular formula is C9H11N2P. The molecule has 0 bridgehead atoms. The number of pyridine rings is 1. The number of nitrogens with two attached hydrogens (primary N) is 1. The van der Waals surface area contributed by atoms with Crippen LogP contribution in [-0.4, -0.2) is 4.98 Å². The van der Waals surface area contributed by atoms with E-state index in [0.717, 1.165) is 16.5 Å². The third-order valence-corrected chi connectivity index (χ3v) is 1.71. The molecule has 1 aromatic carbocycles. The van der Waals surface area contributed by atoms with Crippen LogP contribution >= 0.6 is 9.90 Å². The summed E-state index contributed by atoms with van der Waals surface area (Å²) in [6.45, 7) is 0. The molecule has 0 saturated heterocycles. The molecule has 3 heteroatoms. The zero-order valence-electron chi connectivity index (χ0n) is 6.70. The molecule has 0 saturated carbocycles. The van der Waals surface area contributed by atoms with Crippen LogP contribution in [0.4, 0.5) is 5.69 Å². The number of hydrogen-bond acceptors (Lipinski definition) is 2. The van der Waals surface area contributed by atoms with Gasteiger partial charge in [0.15, 0.2) is 0 Å². The summed E-state index contributed by atoms with van der Waals surface area (Å²) in [7, 11) is 0. The third kappa shape index (κ3) is 1.39. The van der Waals surface area contributed by atoms with Crippen molar-refractivity contribution >= 4 is 26.4 Å². The molecule has 2 aromatic rings. The maximum absolute atomic E-state index is 5.73. The Balaban J connectivity index is 0.000000720. The minimum absolute atomic E-state index is 0. The summed E-state index contributed by atoms with van der Waals surface area (Å²) in [5.74, 6) is 0. The molecule has 0 amide bonds. The van der Waals surface area contributed by atoms with E-state index < -0.39 is 0 Å². The number of nitrogens with zero attached hydrogens (tertiary/aromatic N) is 1. The Morgan fingerprint density at radius 2 is 2.00 bits per heavy atom. The molecule has 0 aliphatic carbocycles. The zero-order valence-corrected chi connectivity index (χ0v) is 8.11. The van der Waals surface area contributed by atoms with Crippen LogP contribution in [0.5, 0.6) is 0 Å². The van der Waals surface area contributed by atoms with E-state index in [2.05, 4.69) is 4.98 Å². The first kappa shape index (κ1) is 8.95. The number of nitrogen functional groups attached to an aromatic ring is 1. The van der Waals surface area contributed by atoms with Crippen LogP contribution in [0.3, 0.4) is 0 Å². The molecule has 2 nitrogen and oxygen atoms in total. The van der Waals surface area contributed by atoms with Gasteiger partial charge in [0, 0.05) is 28.9 Å². The van der Waals surface area contributed by atoms with Gasteiger partial charge in [-0.3, -0.25) is 4.98 Å². The van der Waals surface area contributed by atoms with E-state index in [1.54, 1.807) is 6.20 Å². The van der Waals surface area contributed by atoms with E-state index >= 15 is 0 Å². The zero-order chi connectivity index (χ0) is 7.68. The maximum Gasteiger partial charge on any atom is 0.0394 e. The van der Waals surface area contributed by atoms with E-state index in [1.807, 2.05) is 30.5 Å². The standard InChI is InChI=1S/C9H8N2.H3P/c10-9-3-1-2-7-6-11-5-4-8(7)9;/h1-6H,10H2;1H3. The van der Waals surface area contributed by atoms with E-state index in [1.165, 1.54) is 0 Å². The van der Waals surface area contributed by atoms with E-state index in [-0.39, 0.29) is 9.90 Å². The van der Waals surface area contributed by atoms with Crippen molar-refractivity contribution in [3.8, 4) is 0 Å². The summed E-state index contributed by atoms with van der Waals surface area (Å²) in [4.78, 5) is 4.00. The predicted molar refractivity (Wildman–Crippen MR) is 57.3 cm³/mol. The van der Waals surface area contributed by atoms with Gasteiger partial charge in [-0.25, -0.2) is 0 Å². The fourth-order valence-corrected chi connectivity index (χ4v) is 1.15. The minimum atomic E-state index is 0. The van der Waals surface area contributed by atoms with Gasteiger partial charge in [0.1, 0.15) is 0 Å². The molecule has 0 spiro atoms. The molecular weight excluding hydrogens is 167 g/mol. The molecule has 0 fully saturated rings. The van der Waals surface area contributed by atoms with Gasteiger partial charge in [-0.05, 0) is 12.1 Å². The average Bonchev–Trinajstić information content (AvgIpc) is 2.06. The second-order valence-electron chi connectivity index (χ2n) is 2.44. The smallest absolute Gasteiger partial charge is 0.0394 e. The lowest BCUT2D eigenvalue weighted by Gasteiger charge is -1.98. The van der Waals surface area contributed by atoms with Crippen LogP contribution in [0.2, 0.25) is 0 Å². The summed E-state index contributed by atoms with van der Waals surface area (Å²) in [6, 6.07) is 7.74. The van der Waals surface area contributed by atoms with Gasteiger partial charge in [-0.2, -0.15) is 9.90 Å². The van der Waals surface area contributed by atoms with Crippen molar-refractivity contribution in [1.29, 1.82) is 0 Å². The van der Waals surface area contributed by atoms with Gasteiger partial charge in [-0.15, -0.1) is 0 Å². The SMILES string of the molecule is Nc1cccc2cnccc12.P. The highest BCUT2D eigenvalue weighted by molar-refractivity contribution is 6.92. The largest absolute Gasteiger partial charge is 0.398 e. The molecule has 0 radical (unpaired) electrons. The highest BCUT2D eigenvalue weighted by Crippen LogP contribution is 2.18. The quantitative estimate of drug-likeness (QED) is 0.494. The Morgan fingerprint density at radius 1 is 1.17 bits per heavy atom. The first-order valence-corrected chi connectivity index (χ1v) is 3.46. The van der Waals surface area contributed by atoms with Gasteiger partial charge >= 0.3 is 0 Å². The van der Waals surface area contributed by atoms with Crippen LogP contribution in [0.15, 0.2) is 36.7 Å². The number of benzene rings is 1. The summed E-state index contributed by atoms with van der Waals surface area (Å²) >= 11 is 0. The molecule has 0 aliphatic heterocycles. The van der Waals surface area contributed by atoms with Crippen molar-refractivity contribution in [2.24, 2.45) is 0 Å². The summed E-state index contributed by atoms with van der Waals surface area (Å²) in [5, 5.41) is 2.16. The Hall–Kier alpha value is -1.14. The highest BCUT2D eigenvalue weighted by atomic mass is 31.0. The van der Waals surface area contributed by atoms with Crippen LogP contribution in [-0.2, 0) is 0 Å². The van der Waals surface area contributed by atoms with Crippen molar-refractivity contribution < 1.29 is 0 Å². The molecule has 62 valence electrons. The molecule has 1 heterocycles. The Bertz CT molecular complexity index is 382. The highest BCUT2D eigenvalue weighted by Gasteiger charge is 1.93. The van der Waals surface area contributed by atoms with E-state index in [0.29, 0.717) is 0 Å². The van der Waals surface area contributed by atoms with Crippen molar-refractivity contribution in [3.05, 3.63) is 36.7 Å². The Labute approximate surface area is 74.4 Å². The van der Waals surface area contributed by atoms with Crippen molar-refractivity contribution in [3.63, 3.8) is 0 Å². The summed E-state index contributed by atoms with van der Waals surface area (Å²) in [6.07, 6.45) is 3.56. The number of fused-ring (bicyclic) bond motifs is 1. The van der Waals surface area contributed by atoms with Gasteiger partial charge in [0.05, 0.1) is 0 Å². The van der Waals surface area contributed by atoms with Crippen LogP contribution in [0.1, 0.15) is 0 Å². The molecule has 1 unspecified atom stereocenters. The lowest BCUT2D eigenvalue weighted by atomic mass is 10.1. The number of anilines is 1. The lowest BCUT2D eigenvalue weighted by molar-refractivity contribution is 1.36. The van der Waals surface area contributed by atoms with E-state index in [9.17, 15) is 0 Å². The van der Waals surface area contributed by atoms with E-state index in [4.69, 9.17) is 5.73 Å². The molecule has 12 heavy (non-hydrogen) atoms. The fourth-order valence-electron chi connectivity index (χ4n) is 1.15. The summed E-state index contributed by atoms with van der Waals surface area (Å²) < 4.78 is 0. The summed E-state index contributed by atoms with van der Waals surface area (Å²) in [5.41, 5.74) is 6.54. The average molecular weight is 178 g/mol. The number of hydrogen-bond donors (Lipinski definition) is 1. The Kier molecular flexibility index (Phi) is 2.61. The predicted octanol–water partition coefficient (Wildman–Crippen LogP) is 1.88. The Morgan fingerprint density at radius 3 is 2.75 bits per heavy atom. The van der Waals surface area contributed by atoms with Crippen LogP contribution in [0.25, 0.3) is 10.8 Å². The number of rotatable bonds is 0. The topological polar surface area (TPSA) is 38.9 Å². The van der Waals surface area contributed by atoms with Gasteiger partial charge < -0.3 is 5.73 Å². The van der Waals surface area contributed by atoms with Crippen LogP contribution in [0, 0.1) is 0 Å². The second kappa shape index (κ2) is 3.51. The van der Waals surface area contributed by atoms with Gasteiger partial charge in [-0.1, -0.05) is 12.1 Å². The van der Waals surface area contributed by atoms with Crippen molar-refractivity contribution in [2.45, 2.75) is 0 Å². The minimum Gasteiger partial charge on any atom is -0.398 e. The van der Waals surface area contributed by atoms with Gasteiger partial charge in [0.2, 0.25) is 0 Å². The number of aromatic nitrogens is 1. The third-order valence-electron chi connectivity index (χ3n) is 1.71. The first-order valence-electron chi connectivity index (χ1n) is 3.46.